The quantitative estimate of drug-likeness (QED) is 0.748. The van der Waals surface area contributed by atoms with E-state index in [0.29, 0.717) is 22.4 Å². The lowest BCUT2D eigenvalue weighted by atomic mass is 10.1. The van der Waals surface area contributed by atoms with Gasteiger partial charge in [0.15, 0.2) is 11.5 Å². The first-order chi connectivity index (χ1) is 12.3. The van der Waals surface area contributed by atoms with Crippen LogP contribution in [-0.4, -0.2) is 33.6 Å². The van der Waals surface area contributed by atoms with Gasteiger partial charge in [0.1, 0.15) is 0 Å². The number of benzene rings is 1. The van der Waals surface area contributed by atoms with Gasteiger partial charge in [-0.1, -0.05) is 13.8 Å². The van der Waals surface area contributed by atoms with Crippen molar-refractivity contribution in [2.24, 2.45) is 7.05 Å². The summed E-state index contributed by atoms with van der Waals surface area (Å²) in [4.78, 5) is 28.2. The van der Waals surface area contributed by atoms with Crippen molar-refractivity contribution in [2.45, 2.75) is 26.3 Å². The molecule has 0 spiro atoms. The molecule has 1 aromatic carbocycles. The van der Waals surface area contributed by atoms with E-state index in [0.717, 1.165) is 11.3 Å². The fourth-order valence-corrected chi connectivity index (χ4v) is 3.06. The molecule has 0 fully saturated rings. The Hall–Kier alpha value is -3.03. The number of nitrogens with one attached hydrogen (secondary N) is 1. The second-order valence-electron chi connectivity index (χ2n) is 6.44. The Labute approximate surface area is 150 Å². The molecule has 0 aliphatic carbocycles. The van der Waals surface area contributed by atoms with Crippen molar-refractivity contribution in [1.29, 1.82) is 0 Å². The topological polar surface area (TPSA) is 91.1 Å². The summed E-state index contributed by atoms with van der Waals surface area (Å²) in [6.45, 7) is 4.20. The molecule has 0 bridgehead atoms. The summed E-state index contributed by atoms with van der Waals surface area (Å²) in [5.41, 5.74) is 1.25. The van der Waals surface area contributed by atoms with Crippen molar-refractivity contribution in [3.63, 3.8) is 0 Å². The SMILES string of the molecule is COc1cc2[nH]c(=O)n(Cc3cn(C)nc3C(C)C)c(=O)c2cc1OC. The van der Waals surface area contributed by atoms with E-state index in [-0.39, 0.29) is 18.0 Å². The number of aromatic amines is 1. The van der Waals surface area contributed by atoms with E-state index in [2.05, 4.69) is 10.1 Å². The summed E-state index contributed by atoms with van der Waals surface area (Å²) in [7, 11) is 4.82. The second-order valence-corrected chi connectivity index (χ2v) is 6.44. The van der Waals surface area contributed by atoms with Crippen LogP contribution in [0.2, 0.25) is 0 Å². The summed E-state index contributed by atoms with van der Waals surface area (Å²) in [5.74, 6) is 1.06. The molecule has 26 heavy (non-hydrogen) atoms. The van der Waals surface area contributed by atoms with Gasteiger partial charge in [-0.3, -0.25) is 14.0 Å². The maximum absolute atomic E-state index is 12.9. The van der Waals surface area contributed by atoms with E-state index < -0.39 is 5.69 Å². The van der Waals surface area contributed by atoms with Crippen LogP contribution in [0.5, 0.6) is 11.5 Å². The maximum atomic E-state index is 12.9. The summed E-state index contributed by atoms with van der Waals surface area (Å²) in [5, 5.41) is 4.79. The molecular formula is C18H22N4O4. The van der Waals surface area contributed by atoms with Crippen molar-refractivity contribution in [2.75, 3.05) is 14.2 Å². The average Bonchev–Trinajstić information content (AvgIpc) is 2.98. The Balaban J connectivity index is 2.19. The van der Waals surface area contributed by atoms with Gasteiger partial charge in [0, 0.05) is 24.9 Å². The minimum Gasteiger partial charge on any atom is -0.493 e. The van der Waals surface area contributed by atoms with E-state index in [1.165, 1.54) is 18.8 Å². The minimum atomic E-state index is -0.478. The van der Waals surface area contributed by atoms with Gasteiger partial charge in [0.2, 0.25) is 0 Å². The predicted molar refractivity (Wildman–Crippen MR) is 98.3 cm³/mol. The van der Waals surface area contributed by atoms with Gasteiger partial charge in [-0.05, 0) is 12.0 Å². The van der Waals surface area contributed by atoms with Crippen LogP contribution in [0.25, 0.3) is 10.9 Å². The fraction of sp³-hybridized carbons (Fsp3) is 0.389. The normalized spacial score (nSPS) is 11.3. The van der Waals surface area contributed by atoms with Crippen LogP contribution >= 0.6 is 0 Å². The monoisotopic (exact) mass is 358 g/mol. The molecule has 8 nitrogen and oxygen atoms in total. The van der Waals surface area contributed by atoms with E-state index in [4.69, 9.17) is 9.47 Å². The third kappa shape index (κ3) is 2.98. The molecule has 3 rings (SSSR count). The lowest BCUT2D eigenvalue weighted by Gasteiger charge is -2.11. The van der Waals surface area contributed by atoms with Gasteiger partial charge in [-0.25, -0.2) is 4.79 Å². The molecule has 138 valence electrons. The molecule has 0 saturated carbocycles. The van der Waals surface area contributed by atoms with Crippen molar-refractivity contribution in [1.82, 2.24) is 19.3 Å². The average molecular weight is 358 g/mol. The van der Waals surface area contributed by atoms with E-state index in [9.17, 15) is 9.59 Å². The molecule has 3 aromatic rings. The Kier molecular flexibility index (Phi) is 4.58. The molecule has 8 heteroatoms. The molecule has 0 aliphatic heterocycles. The Morgan fingerprint density at radius 1 is 1.15 bits per heavy atom. The third-order valence-corrected chi connectivity index (χ3v) is 4.30. The molecule has 0 unspecified atom stereocenters. The van der Waals surface area contributed by atoms with E-state index >= 15 is 0 Å². The minimum absolute atomic E-state index is 0.153. The molecule has 1 N–H and O–H groups in total. The number of hydrogen-bond acceptors (Lipinski definition) is 5. The van der Waals surface area contributed by atoms with Crippen LogP contribution in [0.4, 0.5) is 0 Å². The summed E-state index contributed by atoms with van der Waals surface area (Å²) in [6, 6.07) is 3.17. The maximum Gasteiger partial charge on any atom is 0.329 e. The lowest BCUT2D eigenvalue weighted by Crippen LogP contribution is -2.35. The number of nitrogens with zero attached hydrogens (tertiary/aromatic N) is 3. The van der Waals surface area contributed by atoms with E-state index in [1.54, 1.807) is 16.8 Å². The Morgan fingerprint density at radius 2 is 1.81 bits per heavy atom. The number of fused-ring (bicyclic) bond motifs is 1. The molecule has 0 saturated heterocycles. The zero-order valence-electron chi connectivity index (χ0n) is 15.5. The number of H-pyrrole nitrogens is 1. The highest BCUT2D eigenvalue weighted by atomic mass is 16.5. The van der Waals surface area contributed by atoms with Crippen molar-refractivity contribution < 1.29 is 9.47 Å². The number of hydrogen-bond donors (Lipinski definition) is 1. The highest BCUT2D eigenvalue weighted by Gasteiger charge is 2.16. The van der Waals surface area contributed by atoms with Gasteiger partial charge in [0.05, 0.1) is 37.4 Å². The highest BCUT2D eigenvalue weighted by molar-refractivity contribution is 5.81. The Bertz CT molecular complexity index is 1080. The molecule has 2 heterocycles. The standard InChI is InChI=1S/C18H22N4O4/c1-10(2)16-11(8-21(3)20-16)9-22-17(23)12-6-14(25-4)15(26-5)7-13(12)19-18(22)24/h6-8,10H,9H2,1-5H3,(H,19,24). The van der Waals surface area contributed by atoms with Crippen molar-refractivity contribution in [3.05, 3.63) is 50.4 Å². The van der Waals surface area contributed by atoms with Gasteiger partial charge in [-0.15, -0.1) is 0 Å². The molecule has 0 amide bonds. The summed E-state index contributed by atoms with van der Waals surface area (Å²) in [6.07, 6.45) is 1.83. The van der Waals surface area contributed by atoms with Crippen LogP contribution in [0.15, 0.2) is 27.9 Å². The van der Waals surface area contributed by atoms with Gasteiger partial charge in [0.25, 0.3) is 5.56 Å². The number of aryl methyl sites for hydroxylation is 1. The van der Waals surface area contributed by atoms with Crippen molar-refractivity contribution in [3.8, 4) is 11.5 Å². The van der Waals surface area contributed by atoms with Gasteiger partial charge < -0.3 is 14.5 Å². The van der Waals surface area contributed by atoms with Gasteiger partial charge >= 0.3 is 5.69 Å². The van der Waals surface area contributed by atoms with Crippen molar-refractivity contribution >= 4 is 10.9 Å². The number of aromatic nitrogens is 4. The highest BCUT2D eigenvalue weighted by Crippen LogP contribution is 2.29. The van der Waals surface area contributed by atoms with Gasteiger partial charge in [-0.2, -0.15) is 5.10 Å². The first kappa shape index (κ1) is 17.8. The summed E-state index contributed by atoms with van der Waals surface area (Å²) >= 11 is 0. The zero-order chi connectivity index (χ0) is 19.0. The molecular weight excluding hydrogens is 336 g/mol. The second kappa shape index (κ2) is 6.70. The Morgan fingerprint density at radius 3 is 2.42 bits per heavy atom. The lowest BCUT2D eigenvalue weighted by molar-refractivity contribution is 0.355. The third-order valence-electron chi connectivity index (χ3n) is 4.30. The predicted octanol–water partition coefficient (Wildman–Crippen LogP) is 1.61. The molecule has 0 radical (unpaired) electrons. The first-order valence-corrected chi connectivity index (χ1v) is 8.27. The summed E-state index contributed by atoms with van der Waals surface area (Å²) < 4.78 is 13.4. The first-order valence-electron chi connectivity index (χ1n) is 8.27. The largest absolute Gasteiger partial charge is 0.493 e. The van der Waals surface area contributed by atoms with Crippen LogP contribution in [0, 0.1) is 0 Å². The molecule has 0 aliphatic rings. The van der Waals surface area contributed by atoms with Crippen LogP contribution in [0.3, 0.4) is 0 Å². The smallest absolute Gasteiger partial charge is 0.329 e. The zero-order valence-corrected chi connectivity index (χ0v) is 15.5. The number of ether oxygens (including phenoxy) is 2. The number of methoxy groups -OCH3 is 2. The van der Waals surface area contributed by atoms with Crippen LogP contribution < -0.4 is 20.7 Å². The molecule has 2 aromatic heterocycles. The van der Waals surface area contributed by atoms with E-state index in [1.807, 2.05) is 27.1 Å². The molecule has 0 atom stereocenters. The fourth-order valence-electron chi connectivity index (χ4n) is 3.06. The van der Waals surface area contributed by atoms with Crippen LogP contribution in [-0.2, 0) is 13.6 Å². The number of rotatable bonds is 5. The van der Waals surface area contributed by atoms with Crippen LogP contribution in [0.1, 0.15) is 31.0 Å².